The second kappa shape index (κ2) is 6.54. The molecule has 6 heteroatoms. The molecule has 110 valence electrons. The Morgan fingerprint density at radius 3 is 2.43 bits per heavy atom. The van der Waals surface area contributed by atoms with Crippen molar-refractivity contribution in [2.24, 2.45) is 0 Å². The molecular weight excluding hydrogens is 295 g/mol. The molecule has 0 bridgehead atoms. The van der Waals surface area contributed by atoms with Gasteiger partial charge >= 0.3 is 0 Å². The van der Waals surface area contributed by atoms with Gasteiger partial charge in [-0.3, -0.25) is 10.1 Å². The Kier molecular flexibility index (Phi) is 4.75. The zero-order valence-corrected chi connectivity index (χ0v) is 12.2. The van der Waals surface area contributed by atoms with Crippen molar-refractivity contribution in [3.63, 3.8) is 0 Å². The maximum Gasteiger partial charge on any atom is 0.294 e. The van der Waals surface area contributed by atoms with Gasteiger partial charge in [0.1, 0.15) is 11.5 Å². The van der Waals surface area contributed by atoms with E-state index in [4.69, 9.17) is 11.6 Å². The van der Waals surface area contributed by atoms with Crippen LogP contribution in [-0.2, 0) is 13.0 Å². The number of nitrogens with zero attached hydrogens (tertiary/aromatic N) is 1. The zero-order chi connectivity index (χ0) is 15.4. The standard InChI is InChI=1S/C15H14ClFN2O2/c1-2-10-3-5-11(6-4-10)9-18-14-8-13(17)12(16)7-15(14)19(20)21/h3-8,18H,2,9H2,1H3. The highest BCUT2D eigenvalue weighted by molar-refractivity contribution is 6.31. The number of nitro groups is 1. The first-order valence-electron chi connectivity index (χ1n) is 6.46. The van der Waals surface area contributed by atoms with Gasteiger partial charge in [-0.1, -0.05) is 42.8 Å². The van der Waals surface area contributed by atoms with Crippen LogP contribution in [0.2, 0.25) is 5.02 Å². The first kappa shape index (κ1) is 15.3. The molecule has 4 nitrogen and oxygen atoms in total. The smallest absolute Gasteiger partial charge is 0.294 e. The molecule has 0 unspecified atom stereocenters. The normalized spacial score (nSPS) is 10.4. The van der Waals surface area contributed by atoms with Crippen LogP contribution in [-0.4, -0.2) is 4.92 Å². The molecule has 0 saturated carbocycles. The average molecular weight is 309 g/mol. The lowest BCUT2D eigenvalue weighted by Crippen LogP contribution is -2.03. The number of anilines is 1. The monoisotopic (exact) mass is 308 g/mol. The number of rotatable bonds is 5. The third-order valence-corrected chi connectivity index (χ3v) is 3.44. The number of hydrogen-bond acceptors (Lipinski definition) is 3. The molecule has 0 saturated heterocycles. The van der Waals surface area contributed by atoms with Crippen LogP contribution in [0.4, 0.5) is 15.8 Å². The van der Waals surface area contributed by atoms with E-state index in [0.29, 0.717) is 6.54 Å². The van der Waals surface area contributed by atoms with E-state index in [1.807, 2.05) is 24.3 Å². The summed E-state index contributed by atoms with van der Waals surface area (Å²) in [6.45, 7) is 2.43. The van der Waals surface area contributed by atoms with Gasteiger partial charge < -0.3 is 5.32 Å². The molecule has 0 spiro atoms. The summed E-state index contributed by atoms with van der Waals surface area (Å²) in [5.74, 6) is -0.689. The molecule has 2 rings (SSSR count). The molecular formula is C15H14ClFN2O2. The highest BCUT2D eigenvalue weighted by Crippen LogP contribution is 2.30. The van der Waals surface area contributed by atoms with Crippen molar-refractivity contribution in [3.8, 4) is 0 Å². The van der Waals surface area contributed by atoms with Gasteiger partial charge in [0.2, 0.25) is 0 Å². The van der Waals surface area contributed by atoms with Crippen molar-refractivity contribution in [1.82, 2.24) is 0 Å². The Morgan fingerprint density at radius 2 is 1.86 bits per heavy atom. The van der Waals surface area contributed by atoms with Crippen molar-refractivity contribution in [2.75, 3.05) is 5.32 Å². The maximum atomic E-state index is 13.5. The first-order valence-corrected chi connectivity index (χ1v) is 6.84. The lowest BCUT2D eigenvalue weighted by Gasteiger charge is -2.08. The highest BCUT2D eigenvalue weighted by atomic mass is 35.5. The number of nitro benzene ring substituents is 1. The quantitative estimate of drug-likeness (QED) is 0.650. The largest absolute Gasteiger partial charge is 0.375 e. The number of nitrogens with one attached hydrogen (secondary N) is 1. The minimum atomic E-state index is -0.689. The third kappa shape index (κ3) is 3.70. The summed E-state index contributed by atoms with van der Waals surface area (Å²) in [5.41, 5.74) is 2.03. The van der Waals surface area contributed by atoms with Gasteiger partial charge in [-0.15, -0.1) is 0 Å². The Bertz CT molecular complexity index is 659. The molecule has 0 amide bonds. The Balaban J connectivity index is 2.18. The SMILES string of the molecule is CCc1ccc(CNc2cc(F)c(Cl)cc2[N+](=O)[O-])cc1. The van der Waals surface area contributed by atoms with Gasteiger partial charge in [0, 0.05) is 18.7 Å². The fourth-order valence-electron chi connectivity index (χ4n) is 1.92. The van der Waals surface area contributed by atoms with Crippen molar-refractivity contribution in [3.05, 3.63) is 68.5 Å². The number of aryl methyl sites for hydroxylation is 1. The van der Waals surface area contributed by atoms with Crippen LogP contribution in [0, 0.1) is 15.9 Å². The average Bonchev–Trinajstić information content (AvgIpc) is 2.48. The summed E-state index contributed by atoms with van der Waals surface area (Å²) in [4.78, 5) is 10.4. The van der Waals surface area contributed by atoms with E-state index < -0.39 is 10.7 Å². The van der Waals surface area contributed by atoms with Gasteiger partial charge in [0.25, 0.3) is 5.69 Å². The van der Waals surface area contributed by atoms with Crippen molar-refractivity contribution in [1.29, 1.82) is 0 Å². The van der Waals surface area contributed by atoms with Crippen LogP contribution in [0.1, 0.15) is 18.1 Å². The Hall–Kier alpha value is -2.14. The predicted octanol–water partition coefficient (Wildman–Crippen LogP) is 4.56. The lowest BCUT2D eigenvalue weighted by atomic mass is 10.1. The predicted molar refractivity (Wildman–Crippen MR) is 81.2 cm³/mol. The second-order valence-corrected chi connectivity index (χ2v) is 4.97. The van der Waals surface area contributed by atoms with E-state index in [-0.39, 0.29) is 16.4 Å². The number of halogens is 2. The molecule has 0 heterocycles. The maximum absolute atomic E-state index is 13.5. The molecule has 0 aliphatic rings. The lowest BCUT2D eigenvalue weighted by molar-refractivity contribution is -0.384. The van der Waals surface area contributed by atoms with Crippen molar-refractivity contribution < 1.29 is 9.31 Å². The molecule has 0 aliphatic carbocycles. The van der Waals surface area contributed by atoms with Gasteiger partial charge in [-0.25, -0.2) is 4.39 Å². The van der Waals surface area contributed by atoms with Gasteiger partial charge in [-0.05, 0) is 17.5 Å². The van der Waals surface area contributed by atoms with Crippen molar-refractivity contribution >= 4 is 23.0 Å². The molecule has 0 aliphatic heterocycles. The first-order chi connectivity index (χ1) is 10.0. The fraction of sp³-hybridized carbons (Fsp3) is 0.200. The second-order valence-electron chi connectivity index (χ2n) is 4.56. The molecule has 0 aromatic heterocycles. The Morgan fingerprint density at radius 1 is 1.24 bits per heavy atom. The highest BCUT2D eigenvalue weighted by Gasteiger charge is 2.17. The van der Waals surface area contributed by atoms with E-state index in [1.54, 1.807) is 0 Å². The summed E-state index contributed by atoms with van der Waals surface area (Å²) < 4.78 is 13.5. The summed E-state index contributed by atoms with van der Waals surface area (Å²) in [5, 5.41) is 13.6. The van der Waals surface area contributed by atoms with Crippen LogP contribution in [0.15, 0.2) is 36.4 Å². The van der Waals surface area contributed by atoms with Gasteiger partial charge in [-0.2, -0.15) is 0 Å². The minimum absolute atomic E-state index is 0.112. The topological polar surface area (TPSA) is 55.2 Å². The van der Waals surface area contributed by atoms with E-state index in [0.717, 1.165) is 24.1 Å². The van der Waals surface area contributed by atoms with Crippen molar-refractivity contribution in [2.45, 2.75) is 19.9 Å². The van der Waals surface area contributed by atoms with Crippen LogP contribution < -0.4 is 5.32 Å². The molecule has 2 aromatic carbocycles. The zero-order valence-electron chi connectivity index (χ0n) is 11.4. The summed E-state index contributed by atoms with van der Waals surface area (Å²) in [7, 11) is 0. The van der Waals surface area contributed by atoms with E-state index in [2.05, 4.69) is 12.2 Å². The molecule has 0 radical (unpaired) electrons. The summed E-state index contributed by atoms with van der Waals surface area (Å²) >= 11 is 5.57. The molecule has 2 aromatic rings. The molecule has 0 atom stereocenters. The summed E-state index contributed by atoms with van der Waals surface area (Å²) in [6, 6.07) is 9.91. The minimum Gasteiger partial charge on any atom is -0.375 e. The van der Waals surface area contributed by atoms with Crippen LogP contribution in [0.3, 0.4) is 0 Å². The molecule has 21 heavy (non-hydrogen) atoms. The van der Waals surface area contributed by atoms with E-state index in [9.17, 15) is 14.5 Å². The van der Waals surface area contributed by atoms with Crippen LogP contribution in [0.25, 0.3) is 0 Å². The van der Waals surface area contributed by atoms with E-state index >= 15 is 0 Å². The summed E-state index contributed by atoms with van der Waals surface area (Å²) in [6.07, 6.45) is 0.946. The number of hydrogen-bond donors (Lipinski definition) is 1. The Labute approximate surface area is 126 Å². The molecule has 0 fully saturated rings. The van der Waals surface area contributed by atoms with Gasteiger partial charge in [0.15, 0.2) is 0 Å². The molecule has 1 N–H and O–H groups in total. The van der Waals surface area contributed by atoms with Gasteiger partial charge in [0.05, 0.1) is 9.95 Å². The van der Waals surface area contributed by atoms with Crippen LogP contribution >= 0.6 is 11.6 Å². The third-order valence-electron chi connectivity index (χ3n) is 3.15. The van der Waals surface area contributed by atoms with Crippen LogP contribution in [0.5, 0.6) is 0 Å². The fourth-order valence-corrected chi connectivity index (χ4v) is 2.08. The van der Waals surface area contributed by atoms with E-state index in [1.165, 1.54) is 5.56 Å². The number of benzene rings is 2.